The van der Waals surface area contributed by atoms with Crippen LogP contribution in [0.25, 0.3) is 0 Å². The Hall–Kier alpha value is -1.39. The highest BCUT2D eigenvalue weighted by Crippen LogP contribution is 2.38. The van der Waals surface area contributed by atoms with Crippen LogP contribution in [0.5, 0.6) is 11.5 Å². The largest absolute Gasteiger partial charge is 0.486 e. The second-order valence-corrected chi connectivity index (χ2v) is 5.70. The summed E-state index contributed by atoms with van der Waals surface area (Å²) in [7, 11) is 0. The third-order valence-electron chi connectivity index (χ3n) is 3.01. The third-order valence-corrected chi connectivity index (χ3v) is 3.93. The lowest BCUT2D eigenvalue weighted by Crippen LogP contribution is -2.16. The number of para-hydroxylation sites is 1. The van der Waals surface area contributed by atoms with E-state index < -0.39 is 0 Å². The highest BCUT2D eigenvalue weighted by molar-refractivity contribution is 9.10. The SMILES string of the molecule is Clc1ccccc1NCc1cc(Br)c2c(c1)OCCO2. The van der Waals surface area contributed by atoms with E-state index in [9.17, 15) is 0 Å². The Morgan fingerprint density at radius 1 is 1.15 bits per heavy atom. The van der Waals surface area contributed by atoms with Gasteiger partial charge in [-0.3, -0.25) is 0 Å². The maximum absolute atomic E-state index is 6.12. The van der Waals surface area contributed by atoms with E-state index in [0.717, 1.165) is 27.2 Å². The quantitative estimate of drug-likeness (QED) is 0.881. The molecule has 0 saturated heterocycles. The van der Waals surface area contributed by atoms with Crippen LogP contribution in [-0.2, 0) is 6.54 Å². The smallest absolute Gasteiger partial charge is 0.175 e. The molecule has 3 nitrogen and oxygen atoms in total. The number of halogens is 2. The topological polar surface area (TPSA) is 30.5 Å². The molecule has 0 bridgehead atoms. The Morgan fingerprint density at radius 2 is 1.95 bits per heavy atom. The zero-order valence-corrected chi connectivity index (χ0v) is 13.0. The van der Waals surface area contributed by atoms with Crippen molar-refractivity contribution in [3.05, 3.63) is 51.5 Å². The Morgan fingerprint density at radius 3 is 2.80 bits per heavy atom. The Balaban J connectivity index is 1.78. The predicted octanol–water partition coefficient (Wildman–Crippen LogP) is 4.49. The van der Waals surface area contributed by atoms with Crippen LogP contribution in [0.4, 0.5) is 5.69 Å². The molecule has 2 aromatic carbocycles. The zero-order valence-electron chi connectivity index (χ0n) is 10.7. The van der Waals surface area contributed by atoms with Gasteiger partial charge < -0.3 is 14.8 Å². The van der Waals surface area contributed by atoms with Gasteiger partial charge in [-0.05, 0) is 45.8 Å². The van der Waals surface area contributed by atoms with Gasteiger partial charge in [0.1, 0.15) is 13.2 Å². The molecule has 0 saturated carbocycles. The zero-order chi connectivity index (χ0) is 13.9. The summed E-state index contributed by atoms with van der Waals surface area (Å²) < 4.78 is 12.1. The number of ether oxygens (including phenoxy) is 2. The molecule has 0 amide bonds. The van der Waals surface area contributed by atoms with Gasteiger partial charge in [-0.1, -0.05) is 23.7 Å². The van der Waals surface area contributed by atoms with Crippen molar-refractivity contribution in [1.29, 1.82) is 0 Å². The maximum Gasteiger partial charge on any atom is 0.175 e. The average molecular weight is 355 g/mol. The number of rotatable bonds is 3. The van der Waals surface area contributed by atoms with E-state index >= 15 is 0 Å². The van der Waals surface area contributed by atoms with E-state index in [1.807, 2.05) is 36.4 Å². The van der Waals surface area contributed by atoms with Crippen LogP contribution in [-0.4, -0.2) is 13.2 Å². The fraction of sp³-hybridized carbons (Fsp3) is 0.200. The molecular formula is C15H13BrClNO2. The Bertz CT molecular complexity index is 633. The Kier molecular flexibility index (Phi) is 4.03. The molecule has 20 heavy (non-hydrogen) atoms. The van der Waals surface area contributed by atoms with E-state index in [4.69, 9.17) is 21.1 Å². The molecule has 5 heteroatoms. The van der Waals surface area contributed by atoms with Gasteiger partial charge in [0.25, 0.3) is 0 Å². The highest BCUT2D eigenvalue weighted by Gasteiger charge is 2.16. The summed E-state index contributed by atoms with van der Waals surface area (Å²) in [5, 5.41) is 4.03. The normalized spacial score (nSPS) is 13.1. The van der Waals surface area contributed by atoms with Gasteiger partial charge in [0, 0.05) is 6.54 Å². The monoisotopic (exact) mass is 353 g/mol. The summed E-state index contributed by atoms with van der Waals surface area (Å²) in [6.07, 6.45) is 0. The van der Waals surface area contributed by atoms with Crippen LogP contribution >= 0.6 is 27.5 Å². The summed E-state index contributed by atoms with van der Waals surface area (Å²) in [6.45, 7) is 1.84. The van der Waals surface area contributed by atoms with Crippen molar-refractivity contribution in [2.24, 2.45) is 0 Å². The first-order valence-electron chi connectivity index (χ1n) is 6.30. The summed E-state index contributed by atoms with van der Waals surface area (Å²) >= 11 is 9.64. The van der Waals surface area contributed by atoms with Crippen molar-refractivity contribution in [2.75, 3.05) is 18.5 Å². The number of nitrogens with one attached hydrogen (secondary N) is 1. The van der Waals surface area contributed by atoms with Crippen LogP contribution in [0.1, 0.15) is 5.56 Å². The molecular weight excluding hydrogens is 342 g/mol. The van der Waals surface area contributed by atoms with Crippen molar-refractivity contribution in [1.82, 2.24) is 0 Å². The van der Waals surface area contributed by atoms with Crippen molar-refractivity contribution >= 4 is 33.2 Å². The van der Waals surface area contributed by atoms with E-state index in [-0.39, 0.29) is 0 Å². The van der Waals surface area contributed by atoms with E-state index in [1.54, 1.807) is 0 Å². The van der Waals surface area contributed by atoms with E-state index in [0.29, 0.717) is 24.8 Å². The third kappa shape index (κ3) is 2.86. The molecule has 0 aliphatic carbocycles. The van der Waals surface area contributed by atoms with Crippen molar-refractivity contribution in [3.63, 3.8) is 0 Å². The van der Waals surface area contributed by atoms with E-state index in [1.165, 1.54) is 0 Å². The van der Waals surface area contributed by atoms with Gasteiger partial charge in [-0.25, -0.2) is 0 Å². The summed E-state index contributed by atoms with van der Waals surface area (Å²) in [5.74, 6) is 1.55. The molecule has 1 N–H and O–H groups in total. The van der Waals surface area contributed by atoms with Crippen molar-refractivity contribution < 1.29 is 9.47 Å². The minimum Gasteiger partial charge on any atom is -0.486 e. The molecule has 0 aromatic heterocycles. The second-order valence-electron chi connectivity index (χ2n) is 4.44. The van der Waals surface area contributed by atoms with Crippen LogP contribution in [0, 0.1) is 0 Å². The van der Waals surface area contributed by atoms with Crippen molar-refractivity contribution in [3.8, 4) is 11.5 Å². The van der Waals surface area contributed by atoms with Crippen molar-refractivity contribution in [2.45, 2.75) is 6.54 Å². The first-order valence-corrected chi connectivity index (χ1v) is 7.47. The van der Waals surface area contributed by atoms with E-state index in [2.05, 4.69) is 21.2 Å². The van der Waals surface area contributed by atoms with Crippen LogP contribution in [0.2, 0.25) is 5.02 Å². The Labute approximate surface area is 131 Å². The average Bonchev–Trinajstić information content (AvgIpc) is 2.46. The lowest BCUT2D eigenvalue weighted by atomic mass is 10.2. The number of hydrogen-bond donors (Lipinski definition) is 1. The molecule has 1 aliphatic heterocycles. The molecule has 0 unspecified atom stereocenters. The lowest BCUT2D eigenvalue weighted by Gasteiger charge is -2.20. The number of hydrogen-bond acceptors (Lipinski definition) is 3. The molecule has 1 heterocycles. The minimum absolute atomic E-state index is 0.584. The van der Waals surface area contributed by atoms with Gasteiger partial charge in [0.15, 0.2) is 11.5 Å². The molecule has 1 aliphatic rings. The first kappa shape index (κ1) is 13.6. The minimum atomic E-state index is 0.584. The number of anilines is 1. The predicted molar refractivity (Wildman–Crippen MR) is 83.9 cm³/mol. The van der Waals surface area contributed by atoms with Gasteiger partial charge in [-0.15, -0.1) is 0 Å². The molecule has 0 spiro atoms. The molecule has 0 radical (unpaired) electrons. The standard InChI is InChI=1S/C15H13BrClNO2/c16-11-7-10(8-14-15(11)20-6-5-19-14)9-18-13-4-2-1-3-12(13)17/h1-4,7-8,18H,5-6,9H2. The molecule has 2 aromatic rings. The summed E-state index contributed by atoms with van der Waals surface area (Å²) in [4.78, 5) is 0. The number of fused-ring (bicyclic) bond motifs is 1. The van der Waals surface area contributed by atoms with Crippen LogP contribution < -0.4 is 14.8 Å². The summed E-state index contributed by atoms with van der Waals surface area (Å²) in [6, 6.07) is 11.7. The molecule has 3 rings (SSSR count). The van der Waals surface area contributed by atoms with Gasteiger partial charge in [0.05, 0.1) is 15.2 Å². The van der Waals surface area contributed by atoms with Crippen LogP contribution in [0.3, 0.4) is 0 Å². The first-order chi connectivity index (χ1) is 9.74. The fourth-order valence-electron chi connectivity index (χ4n) is 2.07. The van der Waals surface area contributed by atoms with Gasteiger partial charge in [-0.2, -0.15) is 0 Å². The fourth-order valence-corrected chi connectivity index (χ4v) is 2.87. The lowest BCUT2D eigenvalue weighted by molar-refractivity contribution is 0.170. The molecule has 0 fully saturated rings. The van der Waals surface area contributed by atoms with Gasteiger partial charge >= 0.3 is 0 Å². The maximum atomic E-state index is 6.12. The highest BCUT2D eigenvalue weighted by atomic mass is 79.9. The molecule has 104 valence electrons. The van der Waals surface area contributed by atoms with Crippen LogP contribution in [0.15, 0.2) is 40.9 Å². The number of benzene rings is 2. The van der Waals surface area contributed by atoms with Gasteiger partial charge in [0.2, 0.25) is 0 Å². The molecule has 0 atom stereocenters. The second kappa shape index (κ2) is 5.94. The summed E-state index contributed by atoms with van der Waals surface area (Å²) in [5.41, 5.74) is 2.02.